The first-order valence-electron chi connectivity index (χ1n) is 12.3. The molecule has 3 aliphatic heterocycles. The van der Waals surface area contributed by atoms with Gasteiger partial charge in [0.05, 0.1) is 29.8 Å². The molecule has 2 fully saturated rings. The zero-order valence-corrected chi connectivity index (χ0v) is 19.9. The lowest BCUT2D eigenvalue weighted by Crippen LogP contribution is -2.30. The maximum atomic E-state index is 12.6. The first-order chi connectivity index (χ1) is 16.0. The number of nitrogens with zero attached hydrogens (tertiary/aromatic N) is 3. The number of carbonyl (C=O) groups is 1. The number of hydrogen-bond acceptors (Lipinski definition) is 5. The molecular weight excluding hydrogens is 412 g/mol. The molecule has 33 heavy (non-hydrogen) atoms. The van der Waals surface area contributed by atoms with Crippen LogP contribution in [0.1, 0.15) is 73.9 Å². The number of benzene rings is 1. The van der Waals surface area contributed by atoms with Gasteiger partial charge < -0.3 is 10.1 Å². The summed E-state index contributed by atoms with van der Waals surface area (Å²) in [5.41, 5.74) is 7.10. The second kappa shape index (κ2) is 9.26. The Balaban J connectivity index is 1.45. The third-order valence-electron chi connectivity index (χ3n) is 6.76. The van der Waals surface area contributed by atoms with Crippen molar-refractivity contribution in [2.45, 2.75) is 71.4 Å². The van der Waals surface area contributed by atoms with Crippen molar-refractivity contribution in [1.29, 1.82) is 0 Å². The summed E-state index contributed by atoms with van der Waals surface area (Å²) in [4.78, 5) is 17.6. The van der Waals surface area contributed by atoms with E-state index in [9.17, 15) is 4.79 Å². The van der Waals surface area contributed by atoms with Gasteiger partial charge in [0.2, 0.25) is 0 Å². The van der Waals surface area contributed by atoms with Crippen LogP contribution in [0.15, 0.2) is 46.1 Å². The minimum atomic E-state index is 0.0285. The number of ether oxygens (including phenoxy) is 1. The molecule has 0 radical (unpaired) electrons. The number of nitrogens with one attached hydrogen (secondary N) is 1. The van der Waals surface area contributed by atoms with Gasteiger partial charge in [-0.2, -0.15) is 5.10 Å². The van der Waals surface area contributed by atoms with Gasteiger partial charge in [-0.15, -0.1) is 0 Å². The van der Waals surface area contributed by atoms with Crippen LogP contribution in [-0.2, 0) is 4.74 Å². The van der Waals surface area contributed by atoms with Crippen LogP contribution >= 0.6 is 0 Å². The Morgan fingerprint density at radius 1 is 1.24 bits per heavy atom. The standard InChI is InChI=1S/C27H34N4O2/c1-17-6-11-25-24(28-16-22-5-4-12-33-22)15-19(3)30-31(25)26(13-17)20-7-10-23(18(2)14-20)27(32)29-21-8-9-21/h7,10-11,13-14,17,21-22H,4-6,8-9,12,15-16H2,1-3H3,(H,29,32). The predicted octanol–water partition coefficient (Wildman–Crippen LogP) is 4.85. The summed E-state index contributed by atoms with van der Waals surface area (Å²) in [6.07, 6.45) is 10.9. The van der Waals surface area contributed by atoms with Crippen LogP contribution in [0.5, 0.6) is 0 Å². The van der Waals surface area contributed by atoms with E-state index in [1.807, 2.05) is 13.0 Å². The van der Waals surface area contributed by atoms with E-state index >= 15 is 0 Å². The van der Waals surface area contributed by atoms with E-state index in [2.05, 4.69) is 48.5 Å². The molecule has 1 amide bonds. The molecule has 0 aromatic heterocycles. The number of hydrazone groups is 1. The van der Waals surface area contributed by atoms with E-state index in [1.54, 1.807) is 0 Å². The fourth-order valence-corrected chi connectivity index (χ4v) is 4.73. The SMILES string of the molecule is CC1=NN2C(=CCC(C)C=C2c2ccc(C(=O)NC3CC3)c(C)c2)C(=NCC2CCCO2)C1. The molecular formula is C27H34N4O2. The molecule has 2 atom stereocenters. The molecule has 1 aromatic carbocycles. The predicted molar refractivity (Wildman–Crippen MR) is 132 cm³/mol. The Morgan fingerprint density at radius 3 is 2.82 bits per heavy atom. The Hall–Kier alpha value is -2.73. The number of allylic oxidation sites excluding steroid dienone is 3. The number of fused-ring (bicyclic) bond motifs is 1. The van der Waals surface area contributed by atoms with Crippen molar-refractivity contribution in [2.24, 2.45) is 16.0 Å². The Bertz CT molecular complexity index is 1060. The fourth-order valence-electron chi connectivity index (χ4n) is 4.73. The zero-order valence-electron chi connectivity index (χ0n) is 19.9. The Kier molecular flexibility index (Phi) is 6.19. The number of rotatable bonds is 5. The van der Waals surface area contributed by atoms with Gasteiger partial charge in [-0.1, -0.05) is 25.1 Å². The molecule has 3 heterocycles. The lowest BCUT2D eigenvalue weighted by molar-refractivity contribution is 0.0950. The third-order valence-corrected chi connectivity index (χ3v) is 6.76. The summed E-state index contributed by atoms with van der Waals surface area (Å²) in [7, 11) is 0. The zero-order chi connectivity index (χ0) is 22.9. The van der Waals surface area contributed by atoms with Crippen LogP contribution in [0.3, 0.4) is 0 Å². The van der Waals surface area contributed by atoms with Crippen molar-refractivity contribution < 1.29 is 9.53 Å². The van der Waals surface area contributed by atoms with Gasteiger partial charge in [-0.3, -0.25) is 9.79 Å². The van der Waals surface area contributed by atoms with Gasteiger partial charge in [-0.05, 0) is 69.6 Å². The van der Waals surface area contributed by atoms with Gasteiger partial charge >= 0.3 is 0 Å². The quantitative estimate of drug-likeness (QED) is 0.703. The van der Waals surface area contributed by atoms with Crippen LogP contribution < -0.4 is 5.32 Å². The van der Waals surface area contributed by atoms with E-state index in [4.69, 9.17) is 14.8 Å². The summed E-state index contributed by atoms with van der Waals surface area (Å²) in [5.74, 6) is 0.409. The van der Waals surface area contributed by atoms with E-state index in [0.717, 1.165) is 84.6 Å². The molecule has 1 aliphatic carbocycles. The largest absolute Gasteiger partial charge is 0.376 e. The maximum Gasteiger partial charge on any atom is 0.251 e. The van der Waals surface area contributed by atoms with Crippen LogP contribution in [0.2, 0.25) is 0 Å². The highest BCUT2D eigenvalue weighted by Crippen LogP contribution is 2.34. The van der Waals surface area contributed by atoms with Crippen LogP contribution in [0.25, 0.3) is 5.70 Å². The Morgan fingerprint density at radius 2 is 2.09 bits per heavy atom. The molecule has 2 unspecified atom stereocenters. The molecule has 0 bridgehead atoms. The summed E-state index contributed by atoms with van der Waals surface area (Å²) in [6.45, 7) is 7.89. The van der Waals surface area contributed by atoms with Gasteiger partial charge in [-0.25, -0.2) is 5.01 Å². The normalized spacial score (nSPS) is 26.3. The number of amides is 1. The fraction of sp³-hybridized carbons (Fsp3) is 0.519. The second-order valence-electron chi connectivity index (χ2n) is 9.88. The highest BCUT2D eigenvalue weighted by atomic mass is 16.5. The summed E-state index contributed by atoms with van der Waals surface area (Å²) >= 11 is 0. The molecule has 1 saturated carbocycles. The molecule has 1 N–H and O–H groups in total. The second-order valence-corrected chi connectivity index (χ2v) is 9.88. The van der Waals surface area contributed by atoms with Gasteiger partial charge in [0.1, 0.15) is 0 Å². The van der Waals surface area contributed by atoms with Crippen molar-refractivity contribution in [3.8, 4) is 0 Å². The summed E-state index contributed by atoms with van der Waals surface area (Å²) in [5, 5.41) is 10.1. The van der Waals surface area contributed by atoms with Crippen molar-refractivity contribution in [3.63, 3.8) is 0 Å². The van der Waals surface area contributed by atoms with E-state index in [0.29, 0.717) is 18.5 Å². The topological polar surface area (TPSA) is 66.3 Å². The number of hydrogen-bond donors (Lipinski definition) is 1. The van der Waals surface area contributed by atoms with Gasteiger partial charge in [0, 0.05) is 35.9 Å². The average Bonchev–Trinajstić information content (AvgIpc) is 3.48. The lowest BCUT2D eigenvalue weighted by atomic mass is 9.99. The van der Waals surface area contributed by atoms with Gasteiger partial charge in [0.15, 0.2) is 0 Å². The molecule has 1 saturated heterocycles. The molecule has 0 spiro atoms. The average molecular weight is 447 g/mol. The van der Waals surface area contributed by atoms with Crippen LogP contribution in [0.4, 0.5) is 0 Å². The van der Waals surface area contributed by atoms with E-state index in [-0.39, 0.29) is 12.0 Å². The minimum Gasteiger partial charge on any atom is -0.376 e. The minimum absolute atomic E-state index is 0.0285. The lowest BCUT2D eigenvalue weighted by Gasteiger charge is -2.30. The van der Waals surface area contributed by atoms with Gasteiger partial charge in [0.25, 0.3) is 5.91 Å². The molecule has 1 aromatic rings. The molecule has 6 nitrogen and oxygen atoms in total. The van der Waals surface area contributed by atoms with Crippen molar-refractivity contribution in [1.82, 2.24) is 10.3 Å². The number of aryl methyl sites for hydroxylation is 1. The number of carbonyl (C=O) groups excluding carboxylic acids is 1. The first kappa shape index (κ1) is 22.1. The van der Waals surface area contributed by atoms with Crippen molar-refractivity contribution >= 4 is 23.0 Å². The van der Waals surface area contributed by atoms with E-state index < -0.39 is 0 Å². The maximum absolute atomic E-state index is 12.6. The molecule has 5 rings (SSSR count). The molecule has 6 heteroatoms. The highest BCUT2D eigenvalue weighted by molar-refractivity contribution is 6.14. The smallest absolute Gasteiger partial charge is 0.251 e. The highest BCUT2D eigenvalue weighted by Gasteiger charge is 2.29. The third kappa shape index (κ3) is 4.96. The van der Waals surface area contributed by atoms with Crippen LogP contribution in [-0.4, -0.2) is 47.6 Å². The summed E-state index contributed by atoms with van der Waals surface area (Å²) < 4.78 is 5.80. The summed E-state index contributed by atoms with van der Waals surface area (Å²) in [6, 6.07) is 6.48. The van der Waals surface area contributed by atoms with Crippen LogP contribution in [0, 0.1) is 12.8 Å². The van der Waals surface area contributed by atoms with Crippen molar-refractivity contribution in [3.05, 3.63) is 52.7 Å². The Labute approximate surface area is 196 Å². The first-order valence-corrected chi connectivity index (χ1v) is 12.3. The molecule has 174 valence electrons. The van der Waals surface area contributed by atoms with E-state index in [1.165, 1.54) is 0 Å². The van der Waals surface area contributed by atoms with Crippen molar-refractivity contribution in [2.75, 3.05) is 13.2 Å². The monoisotopic (exact) mass is 446 g/mol. The molecule has 4 aliphatic rings. The number of aliphatic imine (C=N–C) groups is 1.